The first kappa shape index (κ1) is 28.1. The summed E-state index contributed by atoms with van der Waals surface area (Å²) in [5.74, 6) is 0.748. The molecule has 0 aliphatic carbocycles. The largest absolute Gasteiger partial charge is 0.378 e. The maximum Gasteiger partial charge on any atom is 0.293 e. The molecule has 1 aromatic rings. The van der Waals surface area contributed by atoms with Crippen molar-refractivity contribution in [2.45, 2.75) is 30.6 Å². The van der Waals surface area contributed by atoms with Gasteiger partial charge in [0.15, 0.2) is 15.8 Å². The number of nitrogens with one attached hydrogen (secondary N) is 2. The quantitative estimate of drug-likeness (QED) is 0.0776. The molecule has 30 heavy (non-hydrogen) atoms. The van der Waals surface area contributed by atoms with Crippen LogP contribution in [0.25, 0.3) is 0 Å². The lowest BCUT2D eigenvalue weighted by Gasteiger charge is -2.22. The molecule has 9 nitrogen and oxygen atoms in total. The van der Waals surface area contributed by atoms with Gasteiger partial charge >= 0.3 is 0 Å². The molecule has 0 spiro atoms. The summed E-state index contributed by atoms with van der Waals surface area (Å²) in [4.78, 5) is 16.9. The third-order valence-corrected chi connectivity index (χ3v) is 5.40. The number of hydrogen-bond acceptors (Lipinski definition) is 6. The van der Waals surface area contributed by atoms with Crippen molar-refractivity contribution in [2.75, 3.05) is 45.3 Å². The zero-order valence-corrected chi connectivity index (χ0v) is 20.9. The third kappa shape index (κ3) is 9.74. The number of guanidine groups is 1. The van der Waals surface area contributed by atoms with Crippen LogP contribution in [0.3, 0.4) is 0 Å². The Morgan fingerprint density at radius 1 is 1.30 bits per heavy atom. The number of hydrogen-bond donors (Lipinski definition) is 2. The Labute approximate surface area is 196 Å². The molecule has 0 saturated heterocycles. The summed E-state index contributed by atoms with van der Waals surface area (Å²) < 4.78 is 23.2. The number of nitro groups is 1. The molecule has 0 fully saturated rings. The fourth-order valence-electron chi connectivity index (χ4n) is 2.72. The van der Waals surface area contributed by atoms with Gasteiger partial charge in [0.1, 0.15) is 5.69 Å². The molecule has 170 valence electrons. The van der Waals surface area contributed by atoms with Gasteiger partial charge < -0.3 is 15.5 Å². The summed E-state index contributed by atoms with van der Waals surface area (Å²) in [7, 11) is 0.162. The van der Waals surface area contributed by atoms with Crippen LogP contribution in [0.15, 0.2) is 40.7 Å². The molecule has 0 atom stereocenters. The maximum absolute atomic E-state index is 11.6. The van der Waals surface area contributed by atoms with E-state index >= 15 is 0 Å². The standard InChI is InChI=1S/C19H31N5O4S.HI/c1-5-6-7-8-9-14-23(3)19(20-2)22-13-12-21-17-11-10-16(29(4,27)28)15-18(17)24(25)26;/h5,10-11,15,21H,1,6-9,12-14H2,2-4H3,(H,20,22);1H. The molecule has 0 radical (unpaired) electrons. The van der Waals surface area contributed by atoms with Gasteiger partial charge in [0.05, 0.1) is 9.82 Å². The van der Waals surface area contributed by atoms with Crippen molar-refractivity contribution >= 4 is 51.1 Å². The second-order valence-electron chi connectivity index (χ2n) is 6.67. The van der Waals surface area contributed by atoms with Gasteiger partial charge in [0.25, 0.3) is 5.69 Å². The molecule has 11 heteroatoms. The first-order valence-corrected chi connectivity index (χ1v) is 11.3. The Kier molecular flexibility index (Phi) is 13.3. The van der Waals surface area contributed by atoms with Crippen molar-refractivity contribution < 1.29 is 13.3 Å². The number of allylic oxidation sites excluding steroid dienone is 1. The number of anilines is 1. The molecule has 2 N–H and O–H groups in total. The van der Waals surface area contributed by atoms with E-state index in [9.17, 15) is 18.5 Å². The lowest BCUT2D eigenvalue weighted by Crippen LogP contribution is -2.41. The van der Waals surface area contributed by atoms with Crippen LogP contribution in [0.4, 0.5) is 11.4 Å². The topological polar surface area (TPSA) is 117 Å². The van der Waals surface area contributed by atoms with Crippen LogP contribution in [-0.4, -0.2) is 64.2 Å². The van der Waals surface area contributed by atoms with E-state index < -0.39 is 14.8 Å². The summed E-state index contributed by atoms with van der Waals surface area (Å²) in [6.07, 6.45) is 7.29. The average molecular weight is 553 g/mol. The van der Waals surface area contributed by atoms with E-state index in [0.717, 1.165) is 50.5 Å². The zero-order valence-electron chi connectivity index (χ0n) is 17.8. The van der Waals surface area contributed by atoms with E-state index in [0.29, 0.717) is 13.1 Å². The van der Waals surface area contributed by atoms with E-state index in [1.807, 2.05) is 18.0 Å². The average Bonchev–Trinajstić information content (AvgIpc) is 2.66. The second kappa shape index (κ2) is 14.2. The van der Waals surface area contributed by atoms with Crippen LogP contribution in [-0.2, 0) is 9.84 Å². The fourth-order valence-corrected chi connectivity index (χ4v) is 3.36. The predicted molar refractivity (Wildman–Crippen MR) is 133 cm³/mol. The molecular formula is C19H32IN5O4S. The van der Waals surface area contributed by atoms with E-state index in [2.05, 4.69) is 22.2 Å². The van der Waals surface area contributed by atoms with Gasteiger partial charge in [-0.1, -0.05) is 12.5 Å². The summed E-state index contributed by atoms with van der Waals surface area (Å²) in [6, 6.07) is 3.85. The lowest BCUT2D eigenvalue weighted by atomic mass is 10.2. The van der Waals surface area contributed by atoms with Crippen LogP contribution < -0.4 is 10.6 Å². The van der Waals surface area contributed by atoms with E-state index in [1.165, 1.54) is 12.1 Å². The van der Waals surface area contributed by atoms with Crippen LogP contribution >= 0.6 is 24.0 Å². The Bertz CT molecular complexity index is 830. The highest BCUT2D eigenvalue weighted by Crippen LogP contribution is 2.27. The number of benzene rings is 1. The Hall–Kier alpha value is -1.89. The van der Waals surface area contributed by atoms with E-state index in [4.69, 9.17) is 0 Å². The summed E-state index contributed by atoms with van der Waals surface area (Å²) in [5.41, 5.74) is 0.00344. The zero-order chi connectivity index (χ0) is 21.9. The molecule has 0 unspecified atom stereocenters. The molecule has 0 saturated carbocycles. The molecular weight excluding hydrogens is 521 g/mol. The Morgan fingerprint density at radius 2 is 2.00 bits per heavy atom. The van der Waals surface area contributed by atoms with Crippen LogP contribution in [0.1, 0.15) is 25.7 Å². The minimum Gasteiger partial charge on any atom is -0.378 e. The molecule has 0 bridgehead atoms. The summed E-state index contributed by atoms with van der Waals surface area (Å²) >= 11 is 0. The number of halogens is 1. The molecule has 0 aliphatic heterocycles. The molecule has 0 aliphatic rings. The number of aliphatic imine (C=N–C) groups is 1. The Balaban J connectivity index is 0.00000841. The third-order valence-electron chi connectivity index (χ3n) is 4.29. The molecule has 1 aromatic carbocycles. The first-order valence-electron chi connectivity index (χ1n) is 9.45. The van der Waals surface area contributed by atoms with Crippen molar-refractivity contribution in [2.24, 2.45) is 4.99 Å². The minimum atomic E-state index is -3.51. The lowest BCUT2D eigenvalue weighted by molar-refractivity contribution is -0.384. The van der Waals surface area contributed by atoms with Gasteiger partial charge in [-0.2, -0.15) is 0 Å². The highest BCUT2D eigenvalue weighted by Gasteiger charge is 2.18. The van der Waals surface area contributed by atoms with Gasteiger partial charge in [-0.25, -0.2) is 8.42 Å². The van der Waals surface area contributed by atoms with E-state index in [1.54, 1.807) is 7.05 Å². The number of rotatable bonds is 12. The van der Waals surface area contributed by atoms with Crippen LogP contribution in [0.5, 0.6) is 0 Å². The normalized spacial score (nSPS) is 11.4. The van der Waals surface area contributed by atoms with Crippen molar-refractivity contribution in [3.05, 3.63) is 41.0 Å². The number of nitrogens with zero attached hydrogens (tertiary/aromatic N) is 3. The molecule has 1 rings (SSSR count). The van der Waals surface area contributed by atoms with Gasteiger partial charge in [-0.05, 0) is 31.4 Å². The fraction of sp³-hybridized carbons (Fsp3) is 0.526. The Morgan fingerprint density at radius 3 is 2.57 bits per heavy atom. The van der Waals surface area contributed by atoms with Crippen molar-refractivity contribution in [3.63, 3.8) is 0 Å². The highest BCUT2D eigenvalue weighted by atomic mass is 127. The first-order chi connectivity index (χ1) is 13.7. The monoisotopic (exact) mass is 553 g/mol. The predicted octanol–water partition coefficient (Wildman–Crippen LogP) is 3.28. The highest BCUT2D eigenvalue weighted by molar-refractivity contribution is 14.0. The van der Waals surface area contributed by atoms with Gasteiger partial charge in [-0.3, -0.25) is 15.1 Å². The summed E-state index contributed by atoms with van der Waals surface area (Å²) in [5, 5.41) is 17.5. The van der Waals surface area contributed by atoms with E-state index in [-0.39, 0.29) is 40.2 Å². The number of sulfone groups is 1. The van der Waals surface area contributed by atoms with Crippen molar-refractivity contribution in [1.82, 2.24) is 10.2 Å². The maximum atomic E-state index is 11.6. The van der Waals surface area contributed by atoms with Crippen molar-refractivity contribution in [3.8, 4) is 0 Å². The van der Waals surface area contributed by atoms with Crippen LogP contribution in [0.2, 0.25) is 0 Å². The number of nitro benzene ring substituents is 1. The van der Waals surface area contributed by atoms with Crippen LogP contribution in [0, 0.1) is 10.1 Å². The van der Waals surface area contributed by atoms with Gasteiger partial charge in [0.2, 0.25) is 0 Å². The molecule has 0 aromatic heterocycles. The number of unbranched alkanes of at least 4 members (excludes halogenated alkanes) is 3. The minimum absolute atomic E-state index is 0. The molecule has 0 amide bonds. The van der Waals surface area contributed by atoms with Crippen molar-refractivity contribution in [1.29, 1.82) is 0 Å². The smallest absolute Gasteiger partial charge is 0.293 e. The summed E-state index contributed by atoms with van der Waals surface area (Å²) in [6.45, 7) is 5.50. The second-order valence-corrected chi connectivity index (χ2v) is 8.68. The molecule has 0 heterocycles. The SMILES string of the molecule is C=CCCCCCN(C)C(=NC)NCCNc1ccc(S(C)(=O)=O)cc1[N+](=O)[O-].I. The van der Waals surface area contributed by atoms with Gasteiger partial charge in [0, 0.05) is 46.1 Å². The van der Waals surface area contributed by atoms with Gasteiger partial charge in [-0.15, -0.1) is 30.6 Å².